The molecule has 0 saturated heterocycles. The maximum Gasteiger partial charge on any atom is 0.139 e. The highest BCUT2D eigenvalue weighted by Crippen LogP contribution is 2.53. The van der Waals surface area contributed by atoms with E-state index in [2.05, 4.69) is 60.7 Å². The first kappa shape index (κ1) is 20.4. The minimum absolute atomic E-state index is 0.868. The maximum atomic E-state index is 6.39. The molecule has 0 atom stereocenters. The highest BCUT2D eigenvalue weighted by molar-refractivity contribution is 7.80. The molecule has 5 heteroatoms. The lowest BCUT2D eigenvalue weighted by Gasteiger charge is -2.35. The molecule has 0 fully saturated rings. The first-order valence-corrected chi connectivity index (χ1v) is 12.9. The third kappa shape index (κ3) is 3.33. The van der Waals surface area contributed by atoms with E-state index < -0.39 is 7.92 Å². The lowest BCUT2D eigenvalue weighted by Crippen LogP contribution is -2.32. The number of nitrogens with zero attached hydrogens (tertiary/aromatic N) is 2. The van der Waals surface area contributed by atoms with Crippen LogP contribution in [0.1, 0.15) is 11.4 Å². The van der Waals surface area contributed by atoms with E-state index in [1.807, 2.05) is 44.2 Å². The Balaban J connectivity index is 1.45. The van der Waals surface area contributed by atoms with Crippen LogP contribution in [0.5, 0.6) is 23.0 Å². The number of rotatable bonds is 2. The number of fused-ring (bicyclic) bond motifs is 4. The van der Waals surface area contributed by atoms with Gasteiger partial charge in [0.2, 0.25) is 0 Å². The average molecular weight is 472 g/mol. The molecule has 2 aromatic heterocycles. The second-order valence-electron chi connectivity index (χ2n) is 8.84. The molecule has 2 aliphatic heterocycles. The Bertz CT molecular complexity index is 1530. The molecule has 2 aliphatic rings. The van der Waals surface area contributed by atoms with Crippen LogP contribution in [0.2, 0.25) is 0 Å². The summed E-state index contributed by atoms with van der Waals surface area (Å²) in [4.78, 5) is 9.52. The van der Waals surface area contributed by atoms with Gasteiger partial charge < -0.3 is 9.47 Å². The van der Waals surface area contributed by atoms with Gasteiger partial charge in [0.05, 0.1) is 16.7 Å². The highest BCUT2D eigenvalue weighted by atomic mass is 31.1. The molecule has 5 aromatic rings. The monoisotopic (exact) mass is 472 g/mol. The number of aryl methyl sites for hydroxylation is 2. The van der Waals surface area contributed by atoms with Gasteiger partial charge in [-0.25, -0.2) is 0 Å². The molecule has 0 amide bonds. The second kappa shape index (κ2) is 7.76. The SMILES string of the molecule is Cc1cccc(-c2ccc3c(c2)P2c4cc(-c5cccc(C)n5)ccc4Oc4cccc(c42)O3)n1. The maximum absolute atomic E-state index is 6.39. The fourth-order valence-electron chi connectivity index (χ4n) is 4.78. The van der Waals surface area contributed by atoms with Gasteiger partial charge in [0.25, 0.3) is 0 Å². The van der Waals surface area contributed by atoms with Crippen LogP contribution < -0.4 is 25.4 Å². The number of aromatic nitrogens is 2. The lowest BCUT2D eigenvalue weighted by atomic mass is 10.1. The van der Waals surface area contributed by atoms with Gasteiger partial charge in [-0.1, -0.05) is 18.2 Å². The summed E-state index contributed by atoms with van der Waals surface area (Å²) in [6.07, 6.45) is 0. The van der Waals surface area contributed by atoms with Crippen molar-refractivity contribution in [3.05, 3.63) is 102 Å². The average Bonchev–Trinajstić information content (AvgIpc) is 2.88. The summed E-state index contributed by atoms with van der Waals surface area (Å²) in [5.74, 6) is 3.52. The summed E-state index contributed by atoms with van der Waals surface area (Å²) in [6.45, 7) is 4.04. The number of hydrogen-bond donors (Lipinski definition) is 0. The van der Waals surface area contributed by atoms with E-state index in [1.165, 1.54) is 10.6 Å². The number of benzene rings is 3. The van der Waals surface area contributed by atoms with Crippen LogP contribution in [0.25, 0.3) is 22.5 Å². The molecule has 4 nitrogen and oxygen atoms in total. The topological polar surface area (TPSA) is 44.2 Å². The molecule has 35 heavy (non-hydrogen) atoms. The van der Waals surface area contributed by atoms with Crippen molar-refractivity contribution in [3.63, 3.8) is 0 Å². The quantitative estimate of drug-likeness (QED) is 0.273. The molecule has 0 aliphatic carbocycles. The molecule has 0 unspecified atom stereocenters. The Kier molecular flexibility index (Phi) is 4.52. The predicted molar refractivity (Wildman–Crippen MR) is 141 cm³/mol. The van der Waals surface area contributed by atoms with Gasteiger partial charge >= 0.3 is 0 Å². The number of pyridine rings is 2. The van der Waals surface area contributed by atoms with E-state index in [4.69, 9.17) is 19.4 Å². The standard InChI is InChI=1S/C30H21N2O2P/c1-18-6-3-8-22(31-18)20-12-14-24-28(16-20)35-29-17-21(23-9-4-7-19(2)32-23)13-15-25(29)34-27-11-5-10-26(33-24)30(27)35/h3-17H,1-2H3. The van der Waals surface area contributed by atoms with E-state index in [9.17, 15) is 0 Å². The largest absolute Gasteiger partial charge is 0.456 e. The molecule has 168 valence electrons. The summed E-state index contributed by atoms with van der Waals surface area (Å²) in [5.41, 5.74) is 6.11. The second-order valence-corrected chi connectivity index (χ2v) is 10.9. The Morgan fingerprint density at radius 1 is 0.543 bits per heavy atom. The lowest BCUT2D eigenvalue weighted by molar-refractivity contribution is 0.466. The molecule has 3 aromatic carbocycles. The Morgan fingerprint density at radius 2 is 1.03 bits per heavy atom. The summed E-state index contributed by atoms with van der Waals surface area (Å²) in [6, 6.07) is 31.2. The molecule has 0 saturated carbocycles. The van der Waals surface area contributed by atoms with Crippen molar-refractivity contribution in [1.29, 1.82) is 0 Å². The molecule has 7 rings (SSSR count). The van der Waals surface area contributed by atoms with E-state index in [1.54, 1.807) is 0 Å². The van der Waals surface area contributed by atoms with Gasteiger partial charge in [0.1, 0.15) is 23.0 Å². The van der Waals surface area contributed by atoms with E-state index >= 15 is 0 Å². The third-order valence-corrected chi connectivity index (χ3v) is 8.94. The van der Waals surface area contributed by atoms with Crippen molar-refractivity contribution in [3.8, 4) is 45.5 Å². The van der Waals surface area contributed by atoms with Crippen LogP contribution >= 0.6 is 7.92 Å². The molecular formula is C30H21N2O2P. The minimum Gasteiger partial charge on any atom is -0.456 e. The first-order valence-electron chi connectivity index (χ1n) is 11.6. The van der Waals surface area contributed by atoms with Crippen molar-refractivity contribution in [2.45, 2.75) is 13.8 Å². The van der Waals surface area contributed by atoms with Crippen molar-refractivity contribution in [1.82, 2.24) is 9.97 Å². The van der Waals surface area contributed by atoms with Crippen molar-refractivity contribution >= 4 is 23.8 Å². The number of ether oxygens (including phenoxy) is 2. The summed E-state index contributed by atoms with van der Waals surface area (Å²) < 4.78 is 12.8. The molecule has 0 N–H and O–H groups in total. The molecular weight excluding hydrogens is 451 g/mol. The van der Waals surface area contributed by atoms with Crippen LogP contribution in [-0.2, 0) is 0 Å². The third-order valence-electron chi connectivity index (χ3n) is 6.39. The van der Waals surface area contributed by atoms with Crippen molar-refractivity contribution < 1.29 is 9.47 Å². The van der Waals surface area contributed by atoms with E-state index in [0.29, 0.717) is 0 Å². The van der Waals surface area contributed by atoms with Gasteiger partial charge in [-0.3, -0.25) is 9.97 Å². The minimum atomic E-state index is -0.885. The van der Waals surface area contributed by atoms with Crippen LogP contribution in [0.4, 0.5) is 0 Å². The highest BCUT2D eigenvalue weighted by Gasteiger charge is 2.37. The zero-order chi connectivity index (χ0) is 23.5. The smallest absolute Gasteiger partial charge is 0.139 e. The summed E-state index contributed by atoms with van der Waals surface area (Å²) >= 11 is 0. The van der Waals surface area contributed by atoms with E-state index in [0.717, 1.165) is 62.2 Å². The van der Waals surface area contributed by atoms with Gasteiger partial charge in [-0.2, -0.15) is 0 Å². The van der Waals surface area contributed by atoms with Crippen molar-refractivity contribution in [2.75, 3.05) is 0 Å². The molecule has 0 bridgehead atoms. The van der Waals surface area contributed by atoms with Gasteiger partial charge in [-0.15, -0.1) is 0 Å². The normalized spacial score (nSPS) is 13.2. The zero-order valence-corrected chi connectivity index (χ0v) is 20.2. The molecule has 4 heterocycles. The van der Waals surface area contributed by atoms with Gasteiger partial charge in [0, 0.05) is 41.0 Å². The Morgan fingerprint density at radius 3 is 1.51 bits per heavy atom. The summed E-state index contributed by atoms with van der Waals surface area (Å²) in [5, 5.41) is 3.49. The van der Waals surface area contributed by atoms with Crippen molar-refractivity contribution in [2.24, 2.45) is 0 Å². The van der Waals surface area contributed by atoms with E-state index in [-0.39, 0.29) is 0 Å². The Hall–Kier alpha value is -4.01. The Labute approximate surface area is 205 Å². The van der Waals surface area contributed by atoms with Crippen LogP contribution in [-0.4, -0.2) is 9.97 Å². The first-order chi connectivity index (χ1) is 17.1. The molecule has 0 radical (unpaired) electrons. The fraction of sp³-hybridized carbons (Fsp3) is 0.0667. The number of hydrogen-bond acceptors (Lipinski definition) is 4. The predicted octanol–water partition coefficient (Wildman–Crippen LogP) is 6.40. The fourth-order valence-corrected chi connectivity index (χ4v) is 7.42. The van der Waals surface area contributed by atoms with Gasteiger partial charge in [0.15, 0.2) is 0 Å². The zero-order valence-electron chi connectivity index (χ0n) is 19.3. The summed E-state index contributed by atoms with van der Waals surface area (Å²) in [7, 11) is -0.885. The van der Waals surface area contributed by atoms with Crippen LogP contribution in [0.3, 0.4) is 0 Å². The van der Waals surface area contributed by atoms with Crippen LogP contribution in [0.15, 0.2) is 91.0 Å². The molecule has 0 spiro atoms. The van der Waals surface area contributed by atoms with Gasteiger partial charge in [-0.05, 0) is 86.6 Å². The van der Waals surface area contributed by atoms with Crippen LogP contribution in [0, 0.1) is 13.8 Å².